The molecule has 1 N–H and O–H groups in total. The first-order valence-electron chi connectivity index (χ1n) is 8.81. The summed E-state index contributed by atoms with van der Waals surface area (Å²) in [7, 11) is 1.70. The summed E-state index contributed by atoms with van der Waals surface area (Å²) in [5, 5.41) is 3.85. The van der Waals surface area contributed by atoms with Crippen molar-refractivity contribution < 1.29 is 4.74 Å². The highest BCUT2D eigenvalue weighted by Gasteiger charge is 2.19. The van der Waals surface area contributed by atoms with Gasteiger partial charge in [-0.15, -0.1) is 0 Å². The molecule has 1 atom stereocenters. The molecule has 0 aromatic heterocycles. The van der Waals surface area contributed by atoms with E-state index in [1.54, 1.807) is 7.11 Å². The van der Waals surface area contributed by atoms with Crippen LogP contribution in [-0.4, -0.2) is 7.11 Å². The van der Waals surface area contributed by atoms with Crippen LogP contribution in [0, 0.1) is 0 Å². The average molecular weight is 331 g/mol. The summed E-state index contributed by atoms with van der Waals surface area (Å²) >= 11 is 0. The zero-order valence-electron chi connectivity index (χ0n) is 14.9. The van der Waals surface area contributed by atoms with E-state index in [-0.39, 0.29) is 12.1 Å². The first-order chi connectivity index (χ1) is 12.3. The summed E-state index contributed by atoms with van der Waals surface area (Å²) in [6, 6.07) is 30.0. The molecule has 2 heteroatoms. The van der Waals surface area contributed by atoms with Gasteiger partial charge < -0.3 is 4.74 Å². The predicted molar refractivity (Wildman–Crippen MR) is 104 cm³/mol. The zero-order valence-corrected chi connectivity index (χ0v) is 14.9. The van der Waals surface area contributed by atoms with Crippen LogP contribution in [-0.2, 0) is 0 Å². The normalized spacial score (nSPS) is 12.1. The molecule has 0 aliphatic carbocycles. The predicted octanol–water partition coefficient (Wildman–Crippen LogP) is 5.53. The van der Waals surface area contributed by atoms with Crippen molar-refractivity contribution in [2.24, 2.45) is 0 Å². The third kappa shape index (κ3) is 4.28. The summed E-state index contributed by atoms with van der Waals surface area (Å²) in [4.78, 5) is 0. The minimum absolute atomic E-state index is 0.162. The van der Waals surface area contributed by atoms with Crippen LogP contribution in [0.4, 0.5) is 0 Å². The Morgan fingerprint density at radius 1 is 0.720 bits per heavy atom. The smallest absolute Gasteiger partial charge is 0.118 e. The summed E-state index contributed by atoms with van der Waals surface area (Å²) < 4.78 is 5.28. The molecule has 0 spiro atoms. The molecule has 2 nitrogen and oxygen atoms in total. The highest BCUT2D eigenvalue weighted by Crippen LogP contribution is 2.28. The summed E-state index contributed by atoms with van der Waals surface area (Å²) in [6.45, 7) is 2.22. The van der Waals surface area contributed by atoms with E-state index in [1.165, 1.54) is 16.7 Å². The molecule has 0 aliphatic heterocycles. The number of methoxy groups -OCH3 is 1. The van der Waals surface area contributed by atoms with Gasteiger partial charge in [0.15, 0.2) is 0 Å². The number of hydrogen-bond acceptors (Lipinski definition) is 2. The minimum atomic E-state index is 0.162. The van der Waals surface area contributed by atoms with Crippen molar-refractivity contribution in [1.29, 1.82) is 0 Å². The highest BCUT2D eigenvalue weighted by molar-refractivity contribution is 5.34. The number of ether oxygens (including phenoxy) is 1. The second-order valence-corrected chi connectivity index (χ2v) is 6.16. The molecule has 0 saturated heterocycles. The molecular formula is C23H25NO. The Balaban J connectivity index is 1.90. The van der Waals surface area contributed by atoms with Crippen molar-refractivity contribution >= 4 is 0 Å². The van der Waals surface area contributed by atoms with Crippen LogP contribution >= 0.6 is 0 Å². The fourth-order valence-electron chi connectivity index (χ4n) is 3.16. The quantitative estimate of drug-likeness (QED) is 0.615. The minimum Gasteiger partial charge on any atom is -0.497 e. The lowest BCUT2D eigenvalue weighted by Crippen LogP contribution is -2.27. The fraction of sp³-hybridized carbons (Fsp3) is 0.217. The zero-order chi connectivity index (χ0) is 17.5. The van der Waals surface area contributed by atoms with Gasteiger partial charge in [0.25, 0.3) is 0 Å². The molecule has 128 valence electrons. The van der Waals surface area contributed by atoms with Crippen LogP contribution in [0.25, 0.3) is 0 Å². The Morgan fingerprint density at radius 2 is 1.24 bits per heavy atom. The summed E-state index contributed by atoms with van der Waals surface area (Å²) in [5.41, 5.74) is 3.83. The van der Waals surface area contributed by atoms with E-state index >= 15 is 0 Å². The molecule has 3 aromatic carbocycles. The van der Waals surface area contributed by atoms with E-state index in [0.29, 0.717) is 0 Å². The van der Waals surface area contributed by atoms with Gasteiger partial charge in [0.2, 0.25) is 0 Å². The van der Waals surface area contributed by atoms with Crippen LogP contribution < -0.4 is 10.1 Å². The van der Waals surface area contributed by atoms with Crippen LogP contribution in [0.5, 0.6) is 5.75 Å². The molecule has 0 radical (unpaired) electrons. The maximum Gasteiger partial charge on any atom is 0.118 e. The van der Waals surface area contributed by atoms with E-state index < -0.39 is 0 Å². The van der Waals surface area contributed by atoms with Gasteiger partial charge in [0.05, 0.1) is 13.2 Å². The molecule has 0 amide bonds. The Labute approximate surface area is 150 Å². The first kappa shape index (κ1) is 17.2. The largest absolute Gasteiger partial charge is 0.497 e. The molecule has 25 heavy (non-hydrogen) atoms. The lowest BCUT2D eigenvalue weighted by Gasteiger charge is -2.26. The highest BCUT2D eigenvalue weighted by atomic mass is 16.5. The van der Waals surface area contributed by atoms with Crippen LogP contribution in [0.3, 0.4) is 0 Å². The lowest BCUT2D eigenvalue weighted by molar-refractivity contribution is 0.413. The van der Waals surface area contributed by atoms with Crippen LogP contribution in [0.2, 0.25) is 0 Å². The van der Waals surface area contributed by atoms with Crippen LogP contribution in [0.15, 0.2) is 84.9 Å². The Hall–Kier alpha value is -2.58. The molecule has 1 unspecified atom stereocenters. The number of benzene rings is 3. The van der Waals surface area contributed by atoms with Gasteiger partial charge >= 0.3 is 0 Å². The van der Waals surface area contributed by atoms with Gasteiger partial charge in [-0.1, -0.05) is 79.7 Å². The molecule has 3 rings (SSSR count). The third-order valence-electron chi connectivity index (χ3n) is 4.56. The van der Waals surface area contributed by atoms with Crippen LogP contribution in [0.1, 0.15) is 42.1 Å². The Kier molecular flexibility index (Phi) is 5.86. The monoisotopic (exact) mass is 331 g/mol. The van der Waals surface area contributed by atoms with Crippen molar-refractivity contribution in [3.63, 3.8) is 0 Å². The topological polar surface area (TPSA) is 21.3 Å². The van der Waals surface area contributed by atoms with Gasteiger partial charge in [-0.3, -0.25) is 5.32 Å². The van der Waals surface area contributed by atoms with Crippen molar-refractivity contribution in [2.45, 2.75) is 25.4 Å². The van der Waals surface area contributed by atoms with E-state index in [0.717, 1.165) is 12.2 Å². The number of hydrogen-bond donors (Lipinski definition) is 1. The maximum atomic E-state index is 5.28. The van der Waals surface area contributed by atoms with Crippen molar-refractivity contribution in [2.75, 3.05) is 7.11 Å². The second kappa shape index (κ2) is 8.50. The van der Waals surface area contributed by atoms with Gasteiger partial charge in [0, 0.05) is 6.04 Å². The summed E-state index contributed by atoms with van der Waals surface area (Å²) in [5.74, 6) is 0.890. The Morgan fingerprint density at radius 3 is 1.68 bits per heavy atom. The van der Waals surface area contributed by atoms with E-state index in [2.05, 4.69) is 85.0 Å². The number of nitrogens with one attached hydrogen (secondary N) is 1. The molecule has 0 saturated carbocycles. The Bertz CT molecular complexity index is 714. The van der Waals surface area contributed by atoms with E-state index in [9.17, 15) is 0 Å². The standard InChI is InChI=1S/C23H25NO/c1-3-22(18-14-16-21(25-2)17-15-18)24-23(19-10-6-4-7-11-19)20-12-8-5-9-13-20/h4-17,22-24H,3H2,1-2H3. The second-order valence-electron chi connectivity index (χ2n) is 6.16. The van der Waals surface area contributed by atoms with Gasteiger partial charge in [0.1, 0.15) is 5.75 Å². The average Bonchev–Trinajstić information content (AvgIpc) is 2.70. The van der Waals surface area contributed by atoms with Crippen molar-refractivity contribution in [3.05, 3.63) is 102 Å². The number of rotatable bonds is 7. The molecule has 0 heterocycles. The van der Waals surface area contributed by atoms with Gasteiger partial charge in [-0.25, -0.2) is 0 Å². The molecular weight excluding hydrogens is 306 g/mol. The maximum absolute atomic E-state index is 5.28. The lowest BCUT2D eigenvalue weighted by atomic mass is 9.95. The first-order valence-corrected chi connectivity index (χ1v) is 8.81. The summed E-state index contributed by atoms with van der Waals surface area (Å²) in [6.07, 6.45) is 1.02. The SMILES string of the molecule is CCC(NC(c1ccccc1)c1ccccc1)c1ccc(OC)cc1. The van der Waals surface area contributed by atoms with Gasteiger partial charge in [-0.05, 0) is 35.2 Å². The third-order valence-corrected chi connectivity index (χ3v) is 4.56. The molecule has 0 aliphatic rings. The molecule has 3 aromatic rings. The van der Waals surface area contributed by atoms with E-state index in [4.69, 9.17) is 4.74 Å². The van der Waals surface area contributed by atoms with Gasteiger partial charge in [-0.2, -0.15) is 0 Å². The molecule has 0 bridgehead atoms. The van der Waals surface area contributed by atoms with Crippen molar-refractivity contribution in [3.8, 4) is 5.75 Å². The van der Waals surface area contributed by atoms with Crippen molar-refractivity contribution in [1.82, 2.24) is 5.32 Å². The fourth-order valence-corrected chi connectivity index (χ4v) is 3.16. The molecule has 0 fully saturated rings. The van der Waals surface area contributed by atoms with E-state index in [1.807, 2.05) is 12.1 Å².